The third-order valence-electron chi connectivity index (χ3n) is 3.47. The van der Waals surface area contributed by atoms with Gasteiger partial charge in [0, 0.05) is 0 Å². The Morgan fingerprint density at radius 3 is 2.32 bits per heavy atom. The van der Waals surface area contributed by atoms with Gasteiger partial charge in [0.2, 0.25) is 0 Å². The van der Waals surface area contributed by atoms with Crippen LogP contribution in [0, 0.1) is 5.92 Å². The Labute approximate surface area is 119 Å². The lowest BCUT2D eigenvalue weighted by Crippen LogP contribution is -2.18. The van der Waals surface area contributed by atoms with Gasteiger partial charge in [0.1, 0.15) is 0 Å². The molecule has 0 aliphatic rings. The van der Waals surface area contributed by atoms with Crippen molar-refractivity contribution in [2.45, 2.75) is 78.1 Å². The first kappa shape index (κ1) is 18.4. The number of unbranched alkanes of at least 4 members (excludes halogenated alkanes) is 5. The molecule has 0 bridgehead atoms. The van der Waals surface area contributed by atoms with Crippen molar-refractivity contribution < 1.29 is 9.53 Å². The molecule has 1 atom stereocenters. The van der Waals surface area contributed by atoms with Crippen LogP contribution < -0.4 is 5.73 Å². The van der Waals surface area contributed by atoms with Gasteiger partial charge in [-0.3, -0.25) is 4.79 Å². The van der Waals surface area contributed by atoms with Crippen LogP contribution in [0.4, 0.5) is 0 Å². The molecule has 0 aromatic rings. The number of carbonyl (C=O) groups excluding carboxylic acids is 1. The molecule has 0 rings (SSSR count). The highest BCUT2D eigenvalue weighted by molar-refractivity contribution is 5.72. The van der Waals surface area contributed by atoms with Crippen LogP contribution in [-0.2, 0) is 9.53 Å². The first-order chi connectivity index (χ1) is 9.26. The maximum atomic E-state index is 12.0. The molecule has 3 nitrogen and oxygen atoms in total. The Balaban J connectivity index is 3.71. The third kappa shape index (κ3) is 11.0. The topological polar surface area (TPSA) is 52.3 Å². The number of rotatable bonds is 13. The second kappa shape index (κ2) is 13.9. The second-order valence-electron chi connectivity index (χ2n) is 5.35. The molecule has 2 N–H and O–H groups in total. The molecule has 0 aliphatic heterocycles. The molecule has 0 aromatic carbocycles. The average Bonchev–Trinajstić information content (AvgIpc) is 2.41. The summed E-state index contributed by atoms with van der Waals surface area (Å²) in [7, 11) is 0. The van der Waals surface area contributed by atoms with Gasteiger partial charge in [-0.2, -0.15) is 0 Å². The zero-order valence-corrected chi connectivity index (χ0v) is 13.0. The predicted molar refractivity (Wildman–Crippen MR) is 81.0 cm³/mol. The number of ether oxygens (including phenoxy) is 1. The van der Waals surface area contributed by atoms with E-state index in [9.17, 15) is 4.79 Å². The minimum Gasteiger partial charge on any atom is -0.465 e. The van der Waals surface area contributed by atoms with E-state index in [2.05, 4.69) is 13.8 Å². The number of nitrogens with two attached hydrogens (primary N) is 1. The molecule has 0 amide bonds. The van der Waals surface area contributed by atoms with Crippen LogP contribution in [0.1, 0.15) is 78.1 Å². The van der Waals surface area contributed by atoms with Crippen LogP contribution in [0.15, 0.2) is 0 Å². The van der Waals surface area contributed by atoms with Gasteiger partial charge in [-0.05, 0) is 32.2 Å². The fraction of sp³-hybridized carbons (Fsp3) is 0.938. The summed E-state index contributed by atoms with van der Waals surface area (Å²) in [6.07, 6.45) is 10.9. The van der Waals surface area contributed by atoms with Crippen molar-refractivity contribution in [1.29, 1.82) is 0 Å². The van der Waals surface area contributed by atoms with Gasteiger partial charge in [0.25, 0.3) is 0 Å². The van der Waals surface area contributed by atoms with E-state index < -0.39 is 0 Å². The summed E-state index contributed by atoms with van der Waals surface area (Å²) in [5.74, 6) is 0.150. The molecule has 0 radical (unpaired) electrons. The number of hydrogen-bond donors (Lipinski definition) is 1. The maximum Gasteiger partial charge on any atom is 0.308 e. The predicted octanol–water partition coefficient (Wildman–Crippen LogP) is 4.05. The van der Waals surface area contributed by atoms with Crippen LogP contribution in [0.25, 0.3) is 0 Å². The van der Waals surface area contributed by atoms with E-state index in [-0.39, 0.29) is 11.9 Å². The summed E-state index contributed by atoms with van der Waals surface area (Å²) in [6.45, 7) is 5.66. The van der Waals surface area contributed by atoms with Gasteiger partial charge in [-0.15, -0.1) is 0 Å². The summed E-state index contributed by atoms with van der Waals surface area (Å²) in [4.78, 5) is 12.0. The number of hydrogen-bond acceptors (Lipinski definition) is 3. The molecule has 0 heterocycles. The SMILES string of the molecule is CCCCCC(CCC)C(=O)OCCCCCCN. The van der Waals surface area contributed by atoms with Gasteiger partial charge in [0.05, 0.1) is 12.5 Å². The molecular weight excluding hydrogens is 238 g/mol. The Bertz CT molecular complexity index is 207. The molecular formula is C16H33NO2. The van der Waals surface area contributed by atoms with Gasteiger partial charge in [-0.1, -0.05) is 52.4 Å². The summed E-state index contributed by atoms with van der Waals surface area (Å²) < 4.78 is 5.40. The quantitative estimate of drug-likeness (QED) is 0.406. The highest BCUT2D eigenvalue weighted by Gasteiger charge is 2.18. The van der Waals surface area contributed by atoms with E-state index >= 15 is 0 Å². The Hall–Kier alpha value is -0.570. The molecule has 0 fully saturated rings. The fourth-order valence-electron chi connectivity index (χ4n) is 2.26. The van der Waals surface area contributed by atoms with Crippen molar-refractivity contribution in [3.8, 4) is 0 Å². The smallest absolute Gasteiger partial charge is 0.308 e. The average molecular weight is 271 g/mol. The van der Waals surface area contributed by atoms with E-state index in [1.165, 1.54) is 12.8 Å². The standard InChI is InChI=1S/C16H33NO2/c1-3-5-8-12-15(11-4-2)16(18)19-14-10-7-6-9-13-17/h15H,3-14,17H2,1-2H3. The minimum atomic E-state index is 0.0248. The van der Waals surface area contributed by atoms with Gasteiger partial charge in [-0.25, -0.2) is 0 Å². The number of carbonyl (C=O) groups is 1. The summed E-state index contributed by atoms with van der Waals surface area (Å²) >= 11 is 0. The van der Waals surface area contributed by atoms with Crippen molar-refractivity contribution in [2.75, 3.05) is 13.2 Å². The van der Waals surface area contributed by atoms with Crippen LogP contribution in [-0.4, -0.2) is 19.1 Å². The van der Waals surface area contributed by atoms with Crippen molar-refractivity contribution >= 4 is 5.97 Å². The highest BCUT2D eigenvalue weighted by atomic mass is 16.5. The molecule has 0 saturated heterocycles. The van der Waals surface area contributed by atoms with Crippen LogP contribution in [0.2, 0.25) is 0 Å². The van der Waals surface area contributed by atoms with E-state index in [4.69, 9.17) is 10.5 Å². The largest absolute Gasteiger partial charge is 0.465 e. The molecule has 19 heavy (non-hydrogen) atoms. The van der Waals surface area contributed by atoms with Crippen molar-refractivity contribution in [3.05, 3.63) is 0 Å². The molecule has 3 heteroatoms. The summed E-state index contributed by atoms with van der Waals surface area (Å²) in [6, 6.07) is 0. The minimum absolute atomic E-state index is 0.0248. The normalized spacial score (nSPS) is 12.4. The molecule has 0 spiro atoms. The summed E-state index contributed by atoms with van der Waals surface area (Å²) in [5, 5.41) is 0. The Morgan fingerprint density at radius 1 is 0.947 bits per heavy atom. The van der Waals surface area contributed by atoms with Crippen molar-refractivity contribution in [1.82, 2.24) is 0 Å². The molecule has 0 saturated carbocycles. The van der Waals surface area contributed by atoms with Crippen molar-refractivity contribution in [2.24, 2.45) is 11.7 Å². The first-order valence-electron chi connectivity index (χ1n) is 8.12. The molecule has 1 unspecified atom stereocenters. The van der Waals surface area contributed by atoms with Crippen molar-refractivity contribution in [3.63, 3.8) is 0 Å². The zero-order chi connectivity index (χ0) is 14.3. The third-order valence-corrected chi connectivity index (χ3v) is 3.47. The lowest BCUT2D eigenvalue weighted by Gasteiger charge is -2.15. The van der Waals surface area contributed by atoms with Gasteiger partial charge >= 0.3 is 5.97 Å². The Kier molecular flexibility index (Phi) is 13.4. The lowest BCUT2D eigenvalue weighted by molar-refractivity contribution is -0.149. The van der Waals surface area contributed by atoms with E-state index in [1.54, 1.807) is 0 Å². The van der Waals surface area contributed by atoms with Crippen LogP contribution >= 0.6 is 0 Å². The number of esters is 1. The van der Waals surface area contributed by atoms with Crippen LogP contribution in [0.5, 0.6) is 0 Å². The Morgan fingerprint density at radius 2 is 1.68 bits per heavy atom. The van der Waals surface area contributed by atoms with Gasteiger partial charge < -0.3 is 10.5 Å². The molecule has 0 aromatic heterocycles. The zero-order valence-electron chi connectivity index (χ0n) is 13.0. The van der Waals surface area contributed by atoms with Crippen LogP contribution in [0.3, 0.4) is 0 Å². The molecule has 0 aliphatic carbocycles. The van der Waals surface area contributed by atoms with E-state index in [0.717, 1.165) is 57.9 Å². The molecule has 114 valence electrons. The highest BCUT2D eigenvalue weighted by Crippen LogP contribution is 2.17. The lowest BCUT2D eigenvalue weighted by atomic mass is 9.97. The maximum absolute atomic E-state index is 12.0. The monoisotopic (exact) mass is 271 g/mol. The summed E-state index contributed by atoms with van der Waals surface area (Å²) in [5.41, 5.74) is 5.44. The van der Waals surface area contributed by atoms with Gasteiger partial charge in [0.15, 0.2) is 0 Å². The van der Waals surface area contributed by atoms with E-state index in [0.29, 0.717) is 6.61 Å². The van der Waals surface area contributed by atoms with E-state index in [1.807, 2.05) is 0 Å². The fourth-order valence-corrected chi connectivity index (χ4v) is 2.26. The second-order valence-corrected chi connectivity index (χ2v) is 5.35. The first-order valence-corrected chi connectivity index (χ1v) is 8.12.